The minimum atomic E-state index is 0.545. The van der Waals surface area contributed by atoms with Crippen molar-refractivity contribution in [2.45, 2.75) is 11.8 Å². The maximum absolute atomic E-state index is 6.04. The normalized spacial score (nSPS) is 66.6. The van der Waals surface area contributed by atoms with E-state index in [-0.39, 0.29) is 0 Å². The molecule has 0 nitrogen and oxygen atoms in total. The molecule has 3 aliphatic rings. The van der Waals surface area contributed by atoms with Gasteiger partial charge in [0.1, 0.15) is 0 Å². The van der Waals surface area contributed by atoms with Crippen molar-refractivity contribution in [2.24, 2.45) is 23.7 Å². The van der Waals surface area contributed by atoms with E-state index >= 15 is 0 Å². The zero-order valence-corrected chi connectivity index (χ0v) is 5.88. The number of allylic oxidation sites excluding steroid dienone is 2. The molecule has 48 valence electrons. The minimum Gasteiger partial charge on any atom is -0.122 e. The average molecular weight is 141 g/mol. The maximum Gasteiger partial charge on any atom is 0.0410 e. The van der Waals surface area contributed by atoms with Crippen molar-refractivity contribution < 1.29 is 0 Å². The molecule has 0 N–H and O–H groups in total. The molecule has 3 aliphatic carbocycles. The van der Waals surface area contributed by atoms with Crippen molar-refractivity contribution >= 4 is 11.6 Å². The van der Waals surface area contributed by atoms with Crippen LogP contribution in [0.2, 0.25) is 0 Å². The number of fused-ring (bicyclic) bond motifs is 5. The molecule has 4 atom stereocenters. The predicted octanol–water partition coefficient (Wildman–Crippen LogP) is 2.05. The summed E-state index contributed by atoms with van der Waals surface area (Å²) in [5.74, 6) is 3.54. The van der Waals surface area contributed by atoms with E-state index in [4.69, 9.17) is 11.6 Å². The molecule has 1 heteroatoms. The molecule has 4 unspecified atom stereocenters. The fourth-order valence-corrected chi connectivity index (χ4v) is 3.32. The van der Waals surface area contributed by atoms with Crippen molar-refractivity contribution in [3.63, 3.8) is 0 Å². The second-order valence-corrected chi connectivity index (χ2v) is 4.05. The number of hydrogen-bond donors (Lipinski definition) is 0. The molecular weight excluding hydrogens is 132 g/mol. The van der Waals surface area contributed by atoms with Gasteiger partial charge in [-0.2, -0.15) is 0 Å². The van der Waals surface area contributed by atoms with Crippen molar-refractivity contribution in [3.05, 3.63) is 12.2 Å². The van der Waals surface area contributed by atoms with Crippen LogP contribution in [0.15, 0.2) is 12.2 Å². The monoisotopic (exact) mass is 140 g/mol. The third-order valence-corrected chi connectivity index (χ3v) is 3.76. The lowest BCUT2D eigenvalue weighted by Crippen LogP contribution is -1.96. The highest BCUT2D eigenvalue weighted by Gasteiger charge is 2.62. The molecule has 0 aromatic heterocycles. The lowest BCUT2D eigenvalue weighted by atomic mass is 10.1. The molecule has 9 heavy (non-hydrogen) atoms. The van der Waals surface area contributed by atoms with Crippen LogP contribution in [-0.4, -0.2) is 5.38 Å². The van der Waals surface area contributed by atoms with Gasteiger partial charge in [0.15, 0.2) is 0 Å². The van der Waals surface area contributed by atoms with Crippen LogP contribution in [-0.2, 0) is 0 Å². The van der Waals surface area contributed by atoms with E-state index in [9.17, 15) is 0 Å². The molecule has 0 spiro atoms. The van der Waals surface area contributed by atoms with Gasteiger partial charge in [-0.05, 0) is 30.1 Å². The van der Waals surface area contributed by atoms with Gasteiger partial charge in [0.2, 0.25) is 0 Å². The number of alkyl halides is 1. The lowest BCUT2D eigenvalue weighted by Gasteiger charge is -2.01. The third-order valence-electron chi connectivity index (χ3n) is 3.18. The summed E-state index contributed by atoms with van der Waals surface area (Å²) in [4.78, 5) is 0. The van der Waals surface area contributed by atoms with Crippen molar-refractivity contribution in [2.75, 3.05) is 0 Å². The summed E-state index contributed by atoms with van der Waals surface area (Å²) in [5.41, 5.74) is 0. The fraction of sp³-hybridized carbons (Fsp3) is 0.750. The van der Waals surface area contributed by atoms with Gasteiger partial charge < -0.3 is 0 Å². The SMILES string of the molecule is ClC1C2C3C=CC(C3)C12. The first kappa shape index (κ1) is 4.79. The fourth-order valence-electron chi connectivity index (χ4n) is 2.69. The maximum atomic E-state index is 6.04. The first-order valence-corrected chi connectivity index (χ1v) is 4.14. The van der Waals surface area contributed by atoms with Crippen LogP contribution in [0.3, 0.4) is 0 Å². The van der Waals surface area contributed by atoms with Crippen LogP contribution in [0.25, 0.3) is 0 Å². The Labute approximate surface area is 59.9 Å². The van der Waals surface area contributed by atoms with E-state index in [0.29, 0.717) is 5.38 Å². The number of hydrogen-bond acceptors (Lipinski definition) is 0. The van der Waals surface area contributed by atoms with Crippen LogP contribution in [0.5, 0.6) is 0 Å². The molecule has 2 bridgehead atoms. The van der Waals surface area contributed by atoms with Gasteiger partial charge >= 0.3 is 0 Å². The Hall–Kier alpha value is 0.0300. The summed E-state index contributed by atoms with van der Waals surface area (Å²) < 4.78 is 0. The van der Waals surface area contributed by atoms with E-state index in [2.05, 4.69) is 12.2 Å². The molecular formula is C8H9Cl. The second kappa shape index (κ2) is 1.22. The first-order chi connectivity index (χ1) is 4.38. The van der Waals surface area contributed by atoms with Gasteiger partial charge in [-0.1, -0.05) is 12.2 Å². The van der Waals surface area contributed by atoms with E-state index in [1.807, 2.05) is 0 Å². The largest absolute Gasteiger partial charge is 0.122 e. The van der Waals surface area contributed by atoms with Gasteiger partial charge in [0.05, 0.1) is 0 Å². The van der Waals surface area contributed by atoms with Gasteiger partial charge in [0, 0.05) is 5.38 Å². The number of halogens is 1. The molecule has 0 aromatic rings. The predicted molar refractivity (Wildman–Crippen MR) is 37.4 cm³/mol. The van der Waals surface area contributed by atoms with Gasteiger partial charge in [-0.3, -0.25) is 0 Å². The molecule has 0 heterocycles. The van der Waals surface area contributed by atoms with Crippen LogP contribution in [0, 0.1) is 23.7 Å². The zero-order valence-electron chi connectivity index (χ0n) is 5.13. The summed E-state index contributed by atoms with van der Waals surface area (Å²) >= 11 is 6.04. The van der Waals surface area contributed by atoms with Crippen LogP contribution < -0.4 is 0 Å². The first-order valence-electron chi connectivity index (χ1n) is 3.70. The molecule has 0 aliphatic heterocycles. The van der Waals surface area contributed by atoms with E-state index in [1.54, 1.807) is 0 Å². The van der Waals surface area contributed by atoms with E-state index < -0.39 is 0 Å². The van der Waals surface area contributed by atoms with E-state index in [0.717, 1.165) is 23.7 Å². The Kier molecular flexibility index (Phi) is 0.649. The highest BCUT2D eigenvalue weighted by molar-refractivity contribution is 6.23. The Morgan fingerprint density at radius 1 is 1.11 bits per heavy atom. The second-order valence-electron chi connectivity index (χ2n) is 3.55. The summed E-state index contributed by atoms with van der Waals surface area (Å²) in [6.07, 6.45) is 6.15. The molecule has 2 saturated carbocycles. The Morgan fingerprint density at radius 2 is 1.67 bits per heavy atom. The smallest absolute Gasteiger partial charge is 0.0410 e. The molecule has 0 aromatic carbocycles. The molecule has 0 saturated heterocycles. The summed E-state index contributed by atoms with van der Waals surface area (Å²) in [6, 6.07) is 0. The average Bonchev–Trinajstić information content (AvgIpc) is 2.29. The Bertz CT molecular complexity index is 167. The van der Waals surface area contributed by atoms with Gasteiger partial charge in [-0.25, -0.2) is 0 Å². The highest BCUT2D eigenvalue weighted by Crippen LogP contribution is 2.65. The quantitative estimate of drug-likeness (QED) is 0.357. The van der Waals surface area contributed by atoms with Crippen LogP contribution >= 0.6 is 11.6 Å². The summed E-state index contributed by atoms with van der Waals surface area (Å²) in [5, 5.41) is 0.545. The minimum absolute atomic E-state index is 0.545. The Balaban J connectivity index is 2.03. The van der Waals surface area contributed by atoms with Crippen LogP contribution in [0.4, 0.5) is 0 Å². The number of rotatable bonds is 0. The molecule has 2 fully saturated rings. The van der Waals surface area contributed by atoms with Gasteiger partial charge in [0.25, 0.3) is 0 Å². The van der Waals surface area contributed by atoms with Gasteiger partial charge in [-0.15, -0.1) is 11.6 Å². The standard InChI is InChI=1S/C8H9Cl/c9-8-6-4-1-2-5(3-4)7(6)8/h1-2,4-8H,3H2. The summed E-state index contributed by atoms with van der Waals surface area (Å²) in [7, 11) is 0. The topological polar surface area (TPSA) is 0 Å². The Morgan fingerprint density at radius 3 is 2.11 bits per heavy atom. The van der Waals surface area contributed by atoms with Crippen molar-refractivity contribution in [1.82, 2.24) is 0 Å². The van der Waals surface area contributed by atoms with Crippen molar-refractivity contribution in [1.29, 1.82) is 0 Å². The van der Waals surface area contributed by atoms with E-state index in [1.165, 1.54) is 6.42 Å². The molecule has 0 amide bonds. The third kappa shape index (κ3) is 0.400. The van der Waals surface area contributed by atoms with Crippen molar-refractivity contribution in [3.8, 4) is 0 Å². The molecule has 0 radical (unpaired) electrons. The molecule has 3 rings (SSSR count). The lowest BCUT2D eigenvalue weighted by molar-refractivity contribution is 0.577. The summed E-state index contributed by atoms with van der Waals surface area (Å²) in [6.45, 7) is 0. The highest BCUT2D eigenvalue weighted by atomic mass is 35.5. The zero-order chi connectivity index (χ0) is 6.01. The van der Waals surface area contributed by atoms with Crippen LogP contribution in [0.1, 0.15) is 6.42 Å².